The van der Waals surface area contributed by atoms with Crippen molar-refractivity contribution in [1.29, 1.82) is 0 Å². The third-order valence-corrected chi connectivity index (χ3v) is 4.69. The maximum Gasteiger partial charge on any atom is 0.492 e. The van der Waals surface area contributed by atoms with Gasteiger partial charge in [-0.2, -0.15) is 0 Å². The van der Waals surface area contributed by atoms with Gasteiger partial charge in [-0.25, -0.2) is 0 Å². The molecule has 0 amide bonds. The smallest absolute Gasteiger partial charge is 0.400 e. The fourth-order valence-electron chi connectivity index (χ4n) is 2.24. The van der Waals surface area contributed by atoms with Crippen molar-refractivity contribution in [3.8, 4) is 0 Å². The Hall–Kier alpha value is -1.14. The Kier molecular flexibility index (Phi) is 5.36. The molecule has 2 rings (SSSR count). The van der Waals surface area contributed by atoms with Crippen molar-refractivity contribution in [2.75, 3.05) is 12.5 Å². The van der Waals surface area contributed by atoms with Gasteiger partial charge in [-0.1, -0.05) is 30.3 Å². The largest absolute Gasteiger partial charge is 0.492 e. The molecular weight excluding hydrogens is 314 g/mol. The van der Waals surface area contributed by atoms with Crippen LogP contribution in [0.3, 0.4) is 0 Å². The van der Waals surface area contributed by atoms with Crippen LogP contribution in [-0.2, 0) is 9.31 Å². The second-order valence-corrected chi connectivity index (χ2v) is 6.91. The molecule has 1 heterocycles. The number of carbonyl (C=O) groups is 1. The number of aliphatic hydroxyl groups excluding tert-OH is 1. The highest BCUT2D eigenvalue weighted by molar-refractivity contribution is 6.55. The number of hydrogen-bond donors (Lipinski definition) is 1. The minimum absolute atomic E-state index is 0.0367. The lowest BCUT2D eigenvalue weighted by molar-refractivity contribution is 0.00578. The van der Waals surface area contributed by atoms with Crippen molar-refractivity contribution in [2.45, 2.75) is 38.9 Å². The summed E-state index contributed by atoms with van der Waals surface area (Å²) in [6, 6.07) is 7.05. The van der Waals surface area contributed by atoms with Gasteiger partial charge in [0.1, 0.15) is 0 Å². The van der Waals surface area contributed by atoms with Gasteiger partial charge in [0, 0.05) is 5.56 Å². The second kappa shape index (κ2) is 6.77. The van der Waals surface area contributed by atoms with Gasteiger partial charge in [0.25, 0.3) is 0 Å². The molecule has 1 aliphatic heterocycles. The van der Waals surface area contributed by atoms with Crippen LogP contribution in [0.15, 0.2) is 29.7 Å². The fourth-order valence-corrected chi connectivity index (χ4v) is 2.39. The van der Waals surface area contributed by atoms with Crippen LogP contribution >= 0.6 is 11.6 Å². The molecule has 1 aromatic rings. The van der Waals surface area contributed by atoms with E-state index >= 15 is 0 Å². The zero-order chi connectivity index (χ0) is 17.3. The average molecular weight is 337 g/mol. The van der Waals surface area contributed by atoms with Crippen molar-refractivity contribution in [3.63, 3.8) is 0 Å². The summed E-state index contributed by atoms with van der Waals surface area (Å²) < 4.78 is 11.9. The van der Waals surface area contributed by atoms with E-state index in [2.05, 4.69) is 0 Å². The predicted octanol–water partition coefficient (Wildman–Crippen LogP) is 3.12. The van der Waals surface area contributed by atoms with Crippen LogP contribution in [0.1, 0.15) is 43.6 Å². The molecule has 23 heavy (non-hydrogen) atoms. The Morgan fingerprint density at radius 3 is 2.13 bits per heavy atom. The number of benzene rings is 1. The summed E-state index contributed by atoms with van der Waals surface area (Å²) in [6.45, 7) is 7.70. The van der Waals surface area contributed by atoms with Gasteiger partial charge in [0.05, 0.1) is 23.7 Å². The molecule has 1 aromatic carbocycles. The summed E-state index contributed by atoms with van der Waals surface area (Å²) >= 11 is 5.55. The summed E-state index contributed by atoms with van der Waals surface area (Å²) in [4.78, 5) is 11.5. The molecule has 124 valence electrons. The number of halogens is 1. The van der Waals surface area contributed by atoms with Crippen molar-refractivity contribution < 1.29 is 19.2 Å². The van der Waals surface area contributed by atoms with E-state index in [1.807, 2.05) is 33.8 Å². The molecule has 0 aliphatic carbocycles. The summed E-state index contributed by atoms with van der Waals surface area (Å²) in [5.41, 5.74) is 1.15. The number of aliphatic hydroxyl groups is 1. The summed E-state index contributed by atoms with van der Waals surface area (Å²) in [5, 5.41) is 9.67. The standard InChI is InChI=1S/C17H22BClO4/c1-16(2)17(3,4)23-18(22-16)14(11-20)9-12-5-7-13(8-6-12)15(21)10-19/h5-9,20H,10-11H2,1-4H3. The maximum atomic E-state index is 11.5. The molecule has 1 saturated heterocycles. The number of alkyl halides is 1. The molecular formula is C17H22BClO4. The highest BCUT2D eigenvalue weighted by atomic mass is 35.5. The number of Topliss-reactive ketones (excluding diaryl/α,β-unsaturated/α-hetero) is 1. The first-order valence-corrected chi connectivity index (χ1v) is 8.10. The molecule has 4 nitrogen and oxygen atoms in total. The van der Waals surface area contributed by atoms with E-state index in [0.717, 1.165) is 5.56 Å². The van der Waals surface area contributed by atoms with Crippen LogP contribution < -0.4 is 0 Å². The monoisotopic (exact) mass is 336 g/mol. The number of ketones is 1. The first-order valence-electron chi connectivity index (χ1n) is 7.56. The van der Waals surface area contributed by atoms with E-state index in [-0.39, 0.29) is 18.3 Å². The number of rotatable bonds is 5. The Balaban J connectivity index is 2.21. The summed E-state index contributed by atoms with van der Waals surface area (Å²) in [5.74, 6) is -0.152. The SMILES string of the molecule is CC1(C)OB(C(=Cc2ccc(C(=O)CCl)cc2)CO)OC1(C)C. The topological polar surface area (TPSA) is 55.8 Å². The average Bonchev–Trinajstić information content (AvgIpc) is 2.72. The molecule has 1 N–H and O–H groups in total. The fraction of sp³-hybridized carbons (Fsp3) is 0.471. The highest BCUT2D eigenvalue weighted by Gasteiger charge is 2.52. The van der Waals surface area contributed by atoms with E-state index in [9.17, 15) is 9.90 Å². The lowest BCUT2D eigenvalue weighted by Crippen LogP contribution is -2.41. The van der Waals surface area contributed by atoms with Gasteiger partial charge in [0.15, 0.2) is 5.78 Å². The maximum absolute atomic E-state index is 11.5. The molecule has 0 saturated carbocycles. The Morgan fingerprint density at radius 2 is 1.70 bits per heavy atom. The van der Waals surface area contributed by atoms with Crippen LogP contribution in [0.2, 0.25) is 0 Å². The highest BCUT2D eigenvalue weighted by Crippen LogP contribution is 2.38. The van der Waals surface area contributed by atoms with E-state index < -0.39 is 18.3 Å². The minimum atomic E-state index is -0.589. The second-order valence-electron chi connectivity index (χ2n) is 6.64. The molecule has 6 heteroatoms. The van der Waals surface area contributed by atoms with Crippen LogP contribution in [0.5, 0.6) is 0 Å². The van der Waals surface area contributed by atoms with Crippen molar-refractivity contribution >= 4 is 30.6 Å². The van der Waals surface area contributed by atoms with E-state index in [4.69, 9.17) is 20.9 Å². The van der Waals surface area contributed by atoms with E-state index in [0.29, 0.717) is 11.0 Å². The van der Waals surface area contributed by atoms with E-state index in [1.165, 1.54) is 0 Å². The van der Waals surface area contributed by atoms with Gasteiger partial charge in [-0.3, -0.25) is 4.79 Å². The van der Waals surface area contributed by atoms with Crippen LogP contribution in [0.25, 0.3) is 6.08 Å². The van der Waals surface area contributed by atoms with Crippen LogP contribution in [0.4, 0.5) is 0 Å². The van der Waals surface area contributed by atoms with Gasteiger partial charge in [0.2, 0.25) is 0 Å². The Bertz CT molecular complexity index is 592. The Morgan fingerprint density at radius 1 is 1.17 bits per heavy atom. The summed E-state index contributed by atoms with van der Waals surface area (Å²) in [7, 11) is -0.589. The van der Waals surface area contributed by atoms with Gasteiger partial charge >= 0.3 is 7.12 Å². The van der Waals surface area contributed by atoms with Gasteiger partial charge in [-0.05, 0) is 38.7 Å². The third-order valence-electron chi connectivity index (χ3n) is 4.44. The quantitative estimate of drug-likeness (QED) is 0.510. The van der Waals surface area contributed by atoms with Crippen molar-refractivity contribution in [1.82, 2.24) is 0 Å². The molecule has 0 atom stereocenters. The minimum Gasteiger partial charge on any atom is -0.400 e. The first kappa shape index (κ1) is 18.2. The molecule has 0 spiro atoms. The normalized spacial score (nSPS) is 19.9. The molecule has 0 bridgehead atoms. The van der Waals surface area contributed by atoms with Crippen LogP contribution in [-0.4, -0.2) is 41.7 Å². The molecule has 0 radical (unpaired) electrons. The van der Waals surface area contributed by atoms with Crippen molar-refractivity contribution in [2.24, 2.45) is 0 Å². The van der Waals surface area contributed by atoms with Crippen molar-refractivity contribution in [3.05, 3.63) is 40.9 Å². The first-order chi connectivity index (χ1) is 10.7. The molecule has 1 aliphatic rings. The lowest BCUT2D eigenvalue weighted by atomic mass is 9.77. The van der Waals surface area contributed by atoms with Crippen LogP contribution in [0, 0.1) is 0 Å². The summed E-state index contributed by atoms with van der Waals surface area (Å²) in [6.07, 6.45) is 1.82. The number of hydrogen-bond acceptors (Lipinski definition) is 4. The molecule has 0 aromatic heterocycles. The number of carbonyl (C=O) groups excluding carboxylic acids is 1. The third kappa shape index (κ3) is 3.86. The molecule has 1 fully saturated rings. The Labute approximate surface area is 142 Å². The van der Waals surface area contributed by atoms with Gasteiger partial charge in [-0.15, -0.1) is 11.6 Å². The van der Waals surface area contributed by atoms with E-state index in [1.54, 1.807) is 24.3 Å². The van der Waals surface area contributed by atoms with Gasteiger partial charge < -0.3 is 14.4 Å². The zero-order valence-corrected chi connectivity index (χ0v) is 14.7. The lowest BCUT2D eigenvalue weighted by Gasteiger charge is -2.32. The zero-order valence-electron chi connectivity index (χ0n) is 13.9. The predicted molar refractivity (Wildman–Crippen MR) is 92.6 cm³/mol. The molecule has 0 unspecified atom stereocenters.